The second-order valence-electron chi connectivity index (χ2n) is 4.82. The predicted molar refractivity (Wildman–Crippen MR) is 81.9 cm³/mol. The molecule has 4 heteroatoms. The highest BCUT2D eigenvalue weighted by molar-refractivity contribution is 7.98. The number of aromatic nitrogens is 1. The molecule has 2 N–H and O–H groups in total. The van der Waals surface area contributed by atoms with E-state index in [1.807, 2.05) is 42.7 Å². The van der Waals surface area contributed by atoms with Gasteiger partial charge in [0.2, 0.25) is 0 Å². The van der Waals surface area contributed by atoms with Crippen LogP contribution in [-0.2, 0) is 6.42 Å². The number of benzene rings is 1. The lowest BCUT2D eigenvalue weighted by Crippen LogP contribution is -2.06. The molecule has 0 radical (unpaired) electrons. The van der Waals surface area contributed by atoms with Gasteiger partial charge in [-0.2, -0.15) is 0 Å². The molecule has 1 aromatic heterocycles. The average Bonchev–Trinajstić information content (AvgIpc) is 2.47. The monoisotopic (exact) mass is 289 g/mol. The van der Waals surface area contributed by atoms with Crippen LogP contribution in [0.3, 0.4) is 0 Å². The van der Waals surface area contributed by atoms with Gasteiger partial charge in [-0.25, -0.2) is 0 Å². The zero-order valence-corrected chi connectivity index (χ0v) is 12.5. The van der Waals surface area contributed by atoms with E-state index in [-0.39, 0.29) is 6.10 Å². The quantitative estimate of drug-likeness (QED) is 0.831. The van der Waals surface area contributed by atoms with Crippen molar-refractivity contribution in [2.75, 3.05) is 6.26 Å². The summed E-state index contributed by atoms with van der Waals surface area (Å²) in [5.41, 5.74) is 2.42. The number of nitrogens with zero attached hydrogens (tertiary/aromatic N) is 1. The normalized spacial score (nSPS) is 14.0. The number of hydrogen-bond donors (Lipinski definition) is 2. The summed E-state index contributed by atoms with van der Waals surface area (Å²) in [4.78, 5) is 5.45. The van der Waals surface area contributed by atoms with Gasteiger partial charge in [-0.3, -0.25) is 4.98 Å². The molecule has 2 unspecified atom stereocenters. The SMILES string of the molecule is CSc1ccc(C(O)c2ccc(CC(C)O)cn2)cc1. The molecule has 0 spiro atoms. The van der Waals surface area contributed by atoms with Crippen LogP contribution in [0.2, 0.25) is 0 Å². The zero-order valence-electron chi connectivity index (χ0n) is 11.7. The highest BCUT2D eigenvalue weighted by Crippen LogP contribution is 2.23. The van der Waals surface area contributed by atoms with Crippen LogP contribution in [0.5, 0.6) is 0 Å². The molecule has 0 amide bonds. The molecule has 0 saturated heterocycles. The summed E-state index contributed by atoms with van der Waals surface area (Å²) < 4.78 is 0. The van der Waals surface area contributed by atoms with E-state index < -0.39 is 6.10 Å². The van der Waals surface area contributed by atoms with Crippen LogP contribution in [0, 0.1) is 0 Å². The predicted octanol–water partition coefficient (Wildman–Crippen LogP) is 2.81. The molecule has 3 nitrogen and oxygen atoms in total. The van der Waals surface area contributed by atoms with Crippen molar-refractivity contribution >= 4 is 11.8 Å². The maximum atomic E-state index is 10.3. The number of aliphatic hydroxyl groups is 2. The van der Waals surface area contributed by atoms with Crippen molar-refractivity contribution in [2.24, 2.45) is 0 Å². The maximum absolute atomic E-state index is 10.3. The number of pyridine rings is 1. The smallest absolute Gasteiger partial charge is 0.121 e. The topological polar surface area (TPSA) is 53.4 Å². The first-order valence-electron chi connectivity index (χ1n) is 6.55. The van der Waals surface area contributed by atoms with Gasteiger partial charge in [0.15, 0.2) is 0 Å². The van der Waals surface area contributed by atoms with Gasteiger partial charge in [0.05, 0.1) is 11.8 Å². The fraction of sp³-hybridized carbons (Fsp3) is 0.312. The average molecular weight is 289 g/mol. The molecule has 1 heterocycles. The van der Waals surface area contributed by atoms with E-state index >= 15 is 0 Å². The number of aliphatic hydroxyl groups excluding tert-OH is 2. The number of hydrogen-bond acceptors (Lipinski definition) is 4. The summed E-state index contributed by atoms with van der Waals surface area (Å²) in [6, 6.07) is 11.5. The maximum Gasteiger partial charge on any atom is 0.121 e. The second-order valence-corrected chi connectivity index (χ2v) is 5.70. The van der Waals surface area contributed by atoms with Gasteiger partial charge in [0.25, 0.3) is 0 Å². The molecule has 0 fully saturated rings. The summed E-state index contributed by atoms with van der Waals surface area (Å²) in [5, 5.41) is 19.6. The third-order valence-corrected chi connectivity index (χ3v) is 3.83. The Balaban J connectivity index is 2.13. The molecule has 0 aliphatic rings. The van der Waals surface area contributed by atoms with Gasteiger partial charge >= 0.3 is 0 Å². The molecule has 1 aromatic carbocycles. The van der Waals surface area contributed by atoms with Crippen molar-refractivity contribution in [2.45, 2.75) is 30.4 Å². The first-order chi connectivity index (χ1) is 9.60. The van der Waals surface area contributed by atoms with Crippen LogP contribution < -0.4 is 0 Å². The molecule has 2 atom stereocenters. The molecule has 20 heavy (non-hydrogen) atoms. The van der Waals surface area contributed by atoms with E-state index in [0.717, 1.165) is 11.1 Å². The zero-order chi connectivity index (χ0) is 14.5. The van der Waals surface area contributed by atoms with Crippen LogP contribution >= 0.6 is 11.8 Å². The molecule has 2 rings (SSSR count). The fourth-order valence-corrected chi connectivity index (χ4v) is 2.42. The Morgan fingerprint density at radius 2 is 1.80 bits per heavy atom. The minimum Gasteiger partial charge on any atom is -0.393 e. The Bertz CT molecular complexity index is 537. The van der Waals surface area contributed by atoms with Crippen molar-refractivity contribution in [1.82, 2.24) is 4.98 Å². The van der Waals surface area contributed by atoms with Crippen molar-refractivity contribution in [3.05, 3.63) is 59.4 Å². The first kappa shape index (κ1) is 15.0. The Morgan fingerprint density at radius 3 is 2.30 bits per heavy atom. The second kappa shape index (κ2) is 6.88. The van der Waals surface area contributed by atoms with Crippen LogP contribution in [0.25, 0.3) is 0 Å². The lowest BCUT2D eigenvalue weighted by molar-refractivity contribution is 0.195. The number of rotatable bonds is 5. The summed E-state index contributed by atoms with van der Waals surface area (Å²) in [5.74, 6) is 0. The van der Waals surface area contributed by atoms with E-state index in [9.17, 15) is 10.2 Å². The van der Waals surface area contributed by atoms with Crippen LogP contribution in [0.1, 0.15) is 29.8 Å². The first-order valence-corrected chi connectivity index (χ1v) is 7.77. The van der Waals surface area contributed by atoms with Crippen molar-refractivity contribution in [1.29, 1.82) is 0 Å². The van der Waals surface area contributed by atoms with Crippen LogP contribution in [0.15, 0.2) is 47.5 Å². The van der Waals surface area contributed by atoms with Crippen molar-refractivity contribution in [3.63, 3.8) is 0 Å². The molecular formula is C16H19NO2S. The minimum absolute atomic E-state index is 0.383. The van der Waals surface area contributed by atoms with Crippen molar-refractivity contribution in [3.8, 4) is 0 Å². The van der Waals surface area contributed by atoms with E-state index in [1.165, 1.54) is 4.90 Å². The summed E-state index contributed by atoms with van der Waals surface area (Å²) in [7, 11) is 0. The standard InChI is InChI=1S/C16H19NO2S/c1-11(18)9-12-3-8-15(17-10-12)16(19)13-4-6-14(20-2)7-5-13/h3-8,10-11,16,18-19H,9H2,1-2H3. The van der Waals surface area contributed by atoms with E-state index in [2.05, 4.69) is 4.98 Å². The molecule has 106 valence electrons. The highest BCUT2D eigenvalue weighted by Gasteiger charge is 2.12. The molecule has 0 saturated carbocycles. The van der Waals surface area contributed by atoms with E-state index in [4.69, 9.17) is 0 Å². The summed E-state index contributed by atoms with van der Waals surface area (Å²) in [6.07, 6.45) is 3.21. The van der Waals surface area contributed by atoms with Crippen LogP contribution in [-0.4, -0.2) is 27.6 Å². The molecule has 0 aliphatic heterocycles. The van der Waals surface area contributed by atoms with Gasteiger partial charge in [0.1, 0.15) is 6.10 Å². The van der Waals surface area contributed by atoms with Gasteiger partial charge in [0, 0.05) is 11.1 Å². The molecular weight excluding hydrogens is 270 g/mol. The van der Waals surface area contributed by atoms with E-state index in [0.29, 0.717) is 12.1 Å². The van der Waals surface area contributed by atoms with Gasteiger partial charge in [-0.1, -0.05) is 18.2 Å². The summed E-state index contributed by atoms with van der Waals surface area (Å²) >= 11 is 1.67. The molecule has 0 bridgehead atoms. The molecule has 0 aliphatic carbocycles. The minimum atomic E-state index is -0.716. The van der Waals surface area contributed by atoms with Crippen molar-refractivity contribution < 1.29 is 10.2 Å². The van der Waals surface area contributed by atoms with Gasteiger partial charge in [-0.05, 0) is 48.9 Å². The summed E-state index contributed by atoms with van der Waals surface area (Å²) in [6.45, 7) is 1.75. The lowest BCUT2D eigenvalue weighted by Gasteiger charge is -2.12. The Kier molecular flexibility index (Phi) is 5.17. The number of thioether (sulfide) groups is 1. The largest absolute Gasteiger partial charge is 0.393 e. The Labute approximate surface area is 123 Å². The third-order valence-electron chi connectivity index (χ3n) is 3.09. The van der Waals surface area contributed by atoms with E-state index in [1.54, 1.807) is 24.9 Å². The molecule has 2 aromatic rings. The van der Waals surface area contributed by atoms with Gasteiger partial charge in [-0.15, -0.1) is 11.8 Å². The third kappa shape index (κ3) is 3.82. The van der Waals surface area contributed by atoms with Crippen LogP contribution in [0.4, 0.5) is 0 Å². The Morgan fingerprint density at radius 1 is 1.10 bits per heavy atom. The van der Waals surface area contributed by atoms with Gasteiger partial charge < -0.3 is 10.2 Å². The lowest BCUT2D eigenvalue weighted by atomic mass is 10.0. The highest BCUT2D eigenvalue weighted by atomic mass is 32.2. The fourth-order valence-electron chi connectivity index (χ4n) is 2.02. The Hall–Kier alpha value is -1.36.